The molecular weight excluding hydrogens is 242 g/mol. The van der Waals surface area contributed by atoms with Crippen LogP contribution in [0.5, 0.6) is 5.75 Å². The van der Waals surface area contributed by atoms with Crippen molar-refractivity contribution in [1.82, 2.24) is 0 Å². The highest BCUT2D eigenvalue weighted by molar-refractivity contribution is 5.97. The molecule has 0 bridgehead atoms. The van der Waals surface area contributed by atoms with Crippen LogP contribution in [0, 0.1) is 5.92 Å². The van der Waals surface area contributed by atoms with Crippen molar-refractivity contribution in [1.29, 1.82) is 0 Å². The fraction of sp³-hybridized carbons (Fsp3) is 0.533. The lowest BCUT2D eigenvalue weighted by Crippen LogP contribution is -2.29. The Hall–Kier alpha value is -1.55. The van der Waals surface area contributed by atoms with E-state index >= 15 is 0 Å². The highest BCUT2D eigenvalue weighted by Crippen LogP contribution is 2.26. The van der Waals surface area contributed by atoms with Gasteiger partial charge in [0.25, 0.3) is 0 Å². The zero-order valence-corrected chi connectivity index (χ0v) is 11.6. The number of ether oxygens (including phenoxy) is 1. The molecule has 0 saturated carbocycles. The van der Waals surface area contributed by atoms with Gasteiger partial charge in [-0.1, -0.05) is 0 Å². The number of carbonyl (C=O) groups is 1. The van der Waals surface area contributed by atoms with Crippen LogP contribution in [0.1, 0.15) is 30.1 Å². The molecule has 0 aliphatic carbocycles. The lowest BCUT2D eigenvalue weighted by molar-refractivity contribution is 0.0685. The third kappa shape index (κ3) is 3.47. The Kier molecular flexibility index (Phi) is 4.43. The van der Waals surface area contributed by atoms with E-state index in [1.54, 1.807) is 12.1 Å². The Morgan fingerprint density at radius 1 is 1.42 bits per heavy atom. The number of carbonyl (C=O) groups excluding carboxylic acids is 1. The first-order chi connectivity index (χ1) is 9.08. The van der Waals surface area contributed by atoms with Crippen LogP contribution < -0.4 is 4.90 Å². The van der Waals surface area contributed by atoms with Gasteiger partial charge in [0.15, 0.2) is 5.78 Å². The zero-order valence-electron chi connectivity index (χ0n) is 11.6. The summed E-state index contributed by atoms with van der Waals surface area (Å²) in [5.41, 5.74) is 1.32. The average Bonchev–Trinajstić information content (AvgIpc) is 2.39. The second-order valence-corrected chi connectivity index (χ2v) is 5.19. The summed E-state index contributed by atoms with van der Waals surface area (Å²) in [6.45, 7) is 4.09. The van der Waals surface area contributed by atoms with Gasteiger partial charge >= 0.3 is 0 Å². The molecule has 0 aromatic heterocycles. The molecule has 0 unspecified atom stereocenters. The Morgan fingerprint density at radius 3 is 2.68 bits per heavy atom. The number of Topliss-reactive ketones (excluding diaryl/α,β-unsaturated/α-hetero) is 1. The number of hydrogen-bond donors (Lipinski definition) is 1. The van der Waals surface area contributed by atoms with Crippen LogP contribution in [-0.2, 0) is 4.74 Å². The molecule has 1 aromatic carbocycles. The van der Waals surface area contributed by atoms with E-state index < -0.39 is 0 Å². The van der Waals surface area contributed by atoms with Crippen LogP contribution >= 0.6 is 0 Å². The molecule has 1 saturated heterocycles. The van der Waals surface area contributed by atoms with Gasteiger partial charge < -0.3 is 14.7 Å². The number of phenols is 1. The van der Waals surface area contributed by atoms with Crippen molar-refractivity contribution in [3.63, 3.8) is 0 Å². The maximum atomic E-state index is 11.3. The van der Waals surface area contributed by atoms with Gasteiger partial charge in [0, 0.05) is 38.6 Å². The maximum absolute atomic E-state index is 11.3. The van der Waals surface area contributed by atoms with E-state index in [-0.39, 0.29) is 11.5 Å². The van der Waals surface area contributed by atoms with Crippen LogP contribution in [0.15, 0.2) is 18.2 Å². The predicted octanol–water partition coefficient (Wildman–Crippen LogP) is 2.46. The SMILES string of the molecule is CC(=O)c1ccc(N(C)CC2CCOCC2)cc1O. The topological polar surface area (TPSA) is 49.8 Å². The number of aromatic hydroxyl groups is 1. The summed E-state index contributed by atoms with van der Waals surface area (Å²) in [6, 6.07) is 5.24. The maximum Gasteiger partial charge on any atom is 0.163 e. The van der Waals surface area contributed by atoms with E-state index in [1.165, 1.54) is 6.92 Å². The second kappa shape index (κ2) is 6.06. The van der Waals surface area contributed by atoms with Gasteiger partial charge in [-0.05, 0) is 37.8 Å². The molecule has 4 nitrogen and oxygen atoms in total. The van der Waals surface area contributed by atoms with E-state index in [0.29, 0.717) is 11.5 Å². The molecule has 1 N–H and O–H groups in total. The van der Waals surface area contributed by atoms with Crippen LogP contribution in [0.25, 0.3) is 0 Å². The molecule has 0 amide bonds. The van der Waals surface area contributed by atoms with Crippen molar-refractivity contribution in [2.75, 3.05) is 31.7 Å². The van der Waals surface area contributed by atoms with E-state index in [1.807, 2.05) is 13.1 Å². The molecule has 1 heterocycles. The molecule has 2 rings (SSSR count). The number of nitrogens with zero attached hydrogens (tertiary/aromatic N) is 1. The minimum absolute atomic E-state index is 0.0591. The molecule has 1 aromatic rings. The van der Waals surface area contributed by atoms with Gasteiger partial charge in [0.2, 0.25) is 0 Å². The molecular formula is C15H21NO3. The molecule has 0 atom stereocenters. The van der Waals surface area contributed by atoms with E-state index in [2.05, 4.69) is 4.90 Å². The Balaban J connectivity index is 2.04. The van der Waals surface area contributed by atoms with Gasteiger partial charge in [-0.2, -0.15) is 0 Å². The quantitative estimate of drug-likeness (QED) is 0.848. The molecule has 19 heavy (non-hydrogen) atoms. The smallest absolute Gasteiger partial charge is 0.163 e. The summed E-state index contributed by atoms with van der Waals surface area (Å²) in [5, 5.41) is 9.85. The highest BCUT2D eigenvalue weighted by Gasteiger charge is 2.17. The first-order valence-electron chi connectivity index (χ1n) is 6.70. The minimum Gasteiger partial charge on any atom is -0.507 e. The van der Waals surface area contributed by atoms with Crippen LogP contribution in [0.4, 0.5) is 5.69 Å². The van der Waals surface area contributed by atoms with Crippen molar-refractivity contribution in [3.8, 4) is 5.75 Å². The number of ketones is 1. The fourth-order valence-corrected chi connectivity index (χ4v) is 2.48. The summed E-state index contributed by atoms with van der Waals surface area (Å²) >= 11 is 0. The Morgan fingerprint density at radius 2 is 2.11 bits per heavy atom. The van der Waals surface area contributed by atoms with Gasteiger partial charge in [-0.3, -0.25) is 4.79 Å². The van der Waals surface area contributed by atoms with Gasteiger partial charge in [0.05, 0.1) is 5.56 Å². The number of benzene rings is 1. The molecule has 0 spiro atoms. The summed E-state index contributed by atoms with van der Waals surface area (Å²) < 4.78 is 5.35. The largest absolute Gasteiger partial charge is 0.507 e. The lowest BCUT2D eigenvalue weighted by atomic mass is 9.99. The molecule has 0 radical (unpaired) electrons. The van der Waals surface area contributed by atoms with Crippen LogP contribution in [-0.4, -0.2) is 37.7 Å². The Bertz CT molecular complexity index is 453. The summed E-state index contributed by atoms with van der Waals surface area (Å²) in [6.07, 6.45) is 2.17. The fourth-order valence-electron chi connectivity index (χ4n) is 2.48. The highest BCUT2D eigenvalue weighted by atomic mass is 16.5. The van der Waals surface area contributed by atoms with Crippen LogP contribution in [0.3, 0.4) is 0 Å². The van der Waals surface area contributed by atoms with Gasteiger partial charge in [-0.15, -0.1) is 0 Å². The molecule has 1 aliphatic rings. The van der Waals surface area contributed by atoms with Crippen molar-refractivity contribution in [2.24, 2.45) is 5.92 Å². The number of phenolic OH excluding ortho intramolecular Hbond substituents is 1. The van der Waals surface area contributed by atoms with Gasteiger partial charge in [-0.25, -0.2) is 0 Å². The van der Waals surface area contributed by atoms with E-state index in [9.17, 15) is 9.90 Å². The van der Waals surface area contributed by atoms with Crippen molar-refractivity contribution >= 4 is 11.5 Å². The average molecular weight is 263 g/mol. The molecule has 4 heteroatoms. The van der Waals surface area contributed by atoms with Crippen molar-refractivity contribution in [2.45, 2.75) is 19.8 Å². The summed E-state index contributed by atoms with van der Waals surface area (Å²) in [5.74, 6) is 0.577. The predicted molar refractivity (Wildman–Crippen MR) is 74.9 cm³/mol. The van der Waals surface area contributed by atoms with E-state index in [4.69, 9.17) is 4.74 Å². The standard InChI is InChI=1S/C15H21NO3/c1-11(17)14-4-3-13(9-15(14)18)16(2)10-12-5-7-19-8-6-12/h3-4,9,12,18H,5-8,10H2,1-2H3. The number of anilines is 1. The monoisotopic (exact) mass is 263 g/mol. The summed E-state index contributed by atoms with van der Waals surface area (Å²) in [4.78, 5) is 13.4. The second-order valence-electron chi connectivity index (χ2n) is 5.19. The van der Waals surface area contributed by atoms with Gasteiger partial charge in [0.1, 0.15) is 5.75 Å². The number of rotatable bonds is 4. The molecule has 104 valence electrons. The number of hydrogen-bond acceptors (Lipinski definition) is 4. The first-order valence-corrected chi connectivity index (χ1v) is 6.70. The first kappa shape index (κ1) is 13.9. The summed E-state index contributed by atoms with van der Waals surface area (Å²) in [7, 11) is 2.01. The Labute approximate surface area is 114 Å². The van der Waals surface area contributed by atoms with Crippen molar-refractivity contribution < 1.29 is 14.6 Å². The third-order valence-electron chi connectivity index (χ3n) is 3.67. The van der Waals surface area contributed by atoms with E-state index in [0.717, 1.165) is 38.3 Å². The minimum atomic E-state index is -0.115. The zero-order chi connectivity index (χ0) is 13.8. The van der Waals surface area contributed by atoms with Crippen molar-refractivity contribution in [3.05, 3.63) is 23.8 Å². The third-order valence-corrected chi connectivity index (χ3v) is 3.67. The van der Waals surface area contributed by atoms with Crippen LogP contribution in [0.2, 0.25) is 0 Å². The lowest BCUT2D eigenvalue weighted by Gasteiger charge is -2.28. The normalized spacial score (nSPS) is 16.3. The molecule has 1 fully saturated rings. The molecule has 1 aliphatic heterocycles.